The second-order valence-corrected chi connectivity index (χ2v) is 6.78. The summed E-state index contributed by atoms with van der Waals surface area (Å²) in [5.74, 6) is 1.20. The first kappa shape index (κ1) is 18.5. The first-order valence-corrected chi connectivity index (χ1v) is 8.84. The Hall–Kier alpha value is -1.87. The number of hydrogen-bond acceptors (Lipinski definition) is 3. The molecule has 0 saturated heterocycles. The SMILES string of the molecule is CCCCC(=O)C(CCN(C)C)(Cc1ccco1)c1ccccc1. The van der Waals surface area contributed by atoms with Gasteiger partial charge in [0.2, 0.25) is 0 Å². The number of unbranched alkanes of at least 4 members (excludes halogenated alkanes) is 1. The predicted molar refractivity (Wildman–Crippen MR) is 98.2 cm³/mol. The number of furan rings is 1. The highest BCUT2D eigenvalue weighted by molar-refractivity contribution is 5.90. The molecule has 1 unspecified atom stereocenters. The minimum atomic E-state index is -0.515. The van der Waals surface area contributed by atoms with Gasteiger partial charge in [0.15, 0.2) is 0 Å². The monoisotopic (exact) mass is 327 g/mol. The third kappa shape index (κ3) is 4.57. The van der Waals surface area contributed by atoms with E-state index in [0.29, 0.717) is 18.6 Å². The van der Waals surface area contributed by atoms with Gasteiger partial charge in [0.05, 0.1) is 11.7 Å². The van der Waals surface area contributed by atoms with Gasteiger partial charge < -0.3 is 9.32 Å². The number of carbonyl (C=O) groups excluding carboxylic acids is 1. The van der Waals surface area contributed by atoms with Crippen LogP contribution in [0.1, 0.15) is 43.9 Å². The smallest absolute Gasteiger partial charge is 0.143 e. The van der Waals surface area contributed by atoms with Crippen molar-refractivity contribution in [2.75, 3.05) is 20.6 Å². The molecule has 0 saturated carbocycles. The summed E-state index contributed by atoms with van der Waals surface area (Å²) in [4.78, 5) is 15.4. The molecule has 0 fully saturated rings. The molecule has 0 spiro atoms. The van der Waals surface area contributed by atoms with Gasteiger partial charge in [0.25, 0.3) is 0 Å². The van der Waals surface area contributed by atoms with E-state index < -0.39 is 5.41 Å². The molecule has 0 aliphatic rings. The van der Waals surface area contributed by atoms with Crippen molar-refractivity contribution in [2.45, 2.75) is 44.4 Å². The summed E-state index contributed by atoms with van der Waals surface area (Å²) in [5, 5.41) is 0. The zero-order valence-electron chi connectivity index (χ0n) is 15.1. The van der Waals surface area contributed by atoms with Crippen LogP contribution in [0.5, 0.6) is 0 Å². The number of Topliss-reactive ketones (excluding diaryl/α,β-unsaturated/α-hetero) is 1. The first-order valence-electron chi connectivity index (χ1n) is 8.84. The van der Waals surface area contributed by atoms with Crippen LogP contribution in [0.2, 0.25) is 0 Å². The van der Waals surface area contributed by atoms with Gasteiger partial charge in [-0.1, -0.05) is 43.7 Å². The molecule has 0 radical (unpaired) electrons. The van der Waals surface area contributed by atoms with Crippen LogP contribution >= 0.6 is 0 Å². The third-order valence-electron chi connectivity index (χ3n) is 4.66. The van der Waals surface area contributed by atoms with Crippen LogP contribution in [0, 0.1) is 0 Å². The number of ketones is 1. The van der Waals surface area contributed by atoms with Crippen molar-refractivity contribution >= 4 is 5.78 Å². The molecule has 0 bridgehead atoms. The van der Waals surface area contributed by atoms with Crippen LogP contribution in [0.3, 0.4) is 0 Å². The van der Waals surface area contributed by atoms with Crippen molar-refractivity contribution in [1.82, 2.24) is 4.90 Å². The number of benzene rings is 1. The summed E-state index contributed by atoms with van der Waals surface area (Å²) < 4.78 is 5.61. The van der Waals surface area contributed by atoms with Crippen LogP contribution in [0.25, 0.3) is 0 Å². The number of rotatable bonds is 10. The Morgan fingerprint density at radius 3 is 2.46 bits per heavy atom. The van der Waals surface area contributed by atoms with Crippen molar-refractivity contribution in [3.8, 4) is 0 Å². The fraction of sp³-hybridized carbons (Fsp3) is 0.476. The quantitative estimate of drug-likeness (QED) is 0.645. The lowest BCUT2D eigenvalue weighted by molar-refractivity contribution is -0.125. The van der Waals surface area contributed by atoms with Gasteiger partial charge >= 0.3 is 0 Å². The fourth-order valence-corrected chi connectivity index (χ4v) is 3.19. The molecule has 1 aromatic carbocycles. The molecule has 3 nitrogen and oxygen atoms in total. The molecule has 1 heterocycles. The van der Waals surface area contributed by atoms with E-state index in [0.717, 1.165) is 37.1 Å². The van der Waals surface area contributed by atoms with Crippen LogP contribution in [0.4, 0.5) is 0 Å². The average molecular weight is 327 g/mol. The topological polar surface area (TPSA) is 33.5 Å². The molecular weight excluding hydrogens is 298 g/mol. The second-order valence-electron chi connectivity index (χ2n) is 6.78. The van der Waals surface area contributed by atoms with Gasteiger partial charge in [-0.15, -0.1) is 0 Å². The van der Waals surface area contributed by atoms with Crippen molar-refractivity contribution in [1.29, 1.82) is 0 Å². The average Bonchev–Trinajstić information content (AvgIpc) is 3.10. The van der Waals surface area contributed by atoms with E-state index in [1.54, 1.807) is 6.26 Å². The lowest BCUT2D eigenvalue weighted by Gasteiger charge is -2.34. The lowest BCUT2D eigenvalue weighted by atomic mass is 9.69. The molecular formula is C21H29NO2. The molecule has 24 heavy (non-hydrogen) atoms. The highest BCUT2D eigenvalue weighted by Crippen LogP contribution is 2.35. The van der Waals surface area contributed by atoms with Gasteiger partial charge in [-0.05, 0) is 51.2 Å². The normalized spacial score (nSPS) is 13.8. The van der Waals surface area contributed by atoms with Gasteiger partial charge in [0.1, 0.15) is 11.5 Å². The highest BCUT2D eigenvalue weighted by atomic mass is 16.3. The standard InChI is InChI=1S/C21H29NO2/c1-4-5-13-20(23)21(14-15-22(2)3,17-19-12-9-16-24-19)18-10-7-6-8-11-18/h6-12,16H,4-5,13-15,17H2,1-3H3. The summed E-state index contributed by atoms with van der Waals surface area (Å²) in [6.07, 6.45) is 5.71. The van der Waals surface area contributed by atoms with E-state index in [2.05, 4.69) is 38.1 Å². The van der Waals surface area contributed by atoms with Gasteiger partial charge in [-0.3, -0.25) is 4.79 Å². The second kappa shape index (κ2) is 8.84. The van der Waals surface area contributed by atoms with Crippen molar-refractivity contribution in [3.63, 3.8) is 0 Å². The highest BCUT2D eigenvalue weighted by Gasteiger charge is 2.39. The summed E-state index contributed by atoms with van der Waals surface area (Å²) in [5.41, 5.74) is 0.586. The first-order chi connectivity index (χ1) is 11.6. The molecule has 1 aromatic heterocycles. The van der Waals surface area contributed by atoms with Crippen molar-refractivity contribution < 1.29 is 9.21 Å². The van der Waals surface area contributed by atoms with Gasteiger partial charge in [0, 0.05) is 12.8 Å². The predicted octanol–water partition coefficient (Wildman–Crippen LogP) is 4.47. The molecule has 2 rings (SSSR count). The van der Waals surface area contributed by atoms with Crippen LogP contribution in [-0.4, -0.2) is 31.3 Å². The van der Waals surface area contributed by atoms with Crippen molar-refractivity contribution in [2.24, 2.45) is 0 Å². The fourth-order valence-electron chi connectivity index (χ4n) is 3.19. The minimum absolute atomic E-state index is 0.328. The third-order valence-corrected chi connectivity index (χ3v) is 4.66. The van der Waals surface area contributed by atoms with E-state index >= 15 is 0 Å². The maximum atomic E-state index is 13.3. The summed E-state index contributed by atoms with van der Waals surface area (Å²) in [6.45, 7) is 3.00. The Bertz CT molecular complexity index is 604. The van der Waals surface area contributed by atoms with Crippen LogP contribution < -0.4 is 0 Å². The Balaban J connectivity index is 2.42. The molecule has 1 atom stereocenters. The molecule has 130 valence electrons. The molecule has 0 aliphatic heterocycles. The molecule has 0 N–H and O–H groups in total. The Labute approximate surface area is 145 Å². The van der Waals surface area contributed by atoms with E-state index in [4.69, 9.17) is 4.42 Å². The lowest BCUT2D eigenvalue weighted by Crippen LogP contribution is -2.40. The van der Waals surface area contributed by atoms with Crippen LogP contribution in [0.15, 0.2) is 53.1 Å². The molecule has 0 aliphatic carbocycles. The van der Waals surface area contributed by atoms with Crippen LogP contribution in [-0.2, 0) is 16.6 Å². The zero-order chi connectivity index (χ0) is 17.4. The number of hydrogen-bond donors (Lipinski definition) is 0. The van der Waals surface area contributed by atoms with E-state index in [-0.39, 0.29) is 0 Å². The van der Waals surface area contributed by atoms with Gasteiger partial charge in [-0.2, -0.15) is 0 Å². The minimum Gasteiger partial charge on any atom is -0.469 e. The van der Waals surface area contributed by atoms with Gasteiger partial charge in [-0.25, -0.2) is 0 Å². The Morgan fingerprint density at radius 2 is 1.88 bits per heavy atom. The summed E-state index contributed by atoms with van der Waals surface area (Å²) in [7, 11) is 4.11. The molecule has 0 amide bonds. The molecule has 2 aromatic rings. The van der Waals surface area contributed by atoms with E-state index in [9.17, 15) is 4.79 Å². The maximum Gasteiger partial charge on any atom is 0.143 e. The van der Waals surface area contributed by atoms with E-state index in [1.807, 2.05) is 30.3 Å². The maximum absolute atomic E-state index is 13.3. The van der Waals surface area contributed by atoms with Crippen molar-refractivity contribution in [3.05, 3.63) is 60.1 Å². The summed E-state index contributed by atoms with van der Waals surface area (Å²) >= 11 is 0. The van der Waals surface area contributed by atoms with E-state index in [1.165, 1.54) is 0 Å². The summed E-state index contributed by atoms with van der Waals surface area (Å²) in [6, 6.07) is 14.1. The largest absolute Gasteiger partial charge is 0.469 e. The zero-order valence-corrected chi connectivity index (χ0v) is 15.1. The molecule has 3 heteroatoms. The Morgan fingerprint density at radius 1 is 1.12 bits per heavy atom. The Kier molecular flexibility index (Phi) is 6.80. The number of carbonyl (C=O) groups is 1. The number of nitrogens with zero attached hydrogens (tertiary/aromatic N) is 1.